The first kappa shape index (κ1) is 15.5. The molecule has 0 aliphatic rings. The Morgan fingerprint density at radius 2 is 2.21 bits per heavy atom. The lowest BCUT2D eigenvalue weighted by atomic mass is 10.2. The molecule has 0 N–H and O–H groups in total. The van der Waals surface area contributed by atoms with Gasteiger partial charge < -0.3 is 0 Å². The number of Topliss-reactive ketones (excluding diaryl/α,β-unsaturated/α-hetero) is 1. The van der Waals surface area contributed by atoms with Crippen LogP contribution in [0.3, 0.4) is 0 Å². The summed E-state index contributed by atoms with van der Waals surface area (Å²) in [7, 11) is 1.94. The van der Waals surface area contributed by atoms with Gasteiger partial charge in [0.25, 0.3) is 0 Å². The van der Waals surface area contributed by atoms with Crippen LogP contribution < -0.4 is 0 Å². The highest BCUT2D eigenvalue weighted by molar-refractivity contribution is 7.14. The highest BCUT2D eigenvalue weighted by Crippen LogP contribution is 2.16. The predicted octanol–water partition coefficient (Wildman–Crippen LogP) is 3.33. The van der Waals surface area contributed by atoms with E-state index in [0.717, 1.165) is 17.0 Å². The van der Waals surface area contributed by atoms with E-state index in [1.807, 2.05) is 50.1 Å². The first-order valence-corrected chi connectivity index (χ1v) is 6.94. The van der Waals surface area contributed by atoms with Crippen molar-refractivity contribution in [2.45, 2.75) is 13.8 Å². The molecule has 1 aromatic rings. The Bertz CT molecular complexity index is 500. The van der Waals surface area contributed by atoms with Crippen molar-refractivity contribution in [3.8, 4) is 0 Å². The fourth-order valence-corrected chi connectivity index (χ4v) is 2.46. The largest absolute Gasteiger partial charge is 0.295 e. The summed E-state index contributed by atoms with van der Waals surface area (Å²) >= 11 is 1.55. The van der Waals surface area contributed by atoms with Gasteiger partial charge in [-0.1, -0.05) is 6.08 Å². The third kappa shape index (κ3) is 5.32. The van der Waals surface area contributed by atoms with Crippen molar-refractivity contribution < 1.29 is 4.79 Å². The monoisotopic (exact) mass is 276 g/mol. The molecular weight excluding hydrogens is 256 g/mol. The molecule has 0 aromatic carbocycles. The molecule has 19 heavy (non-hydrogen) atoms. The Kier molecular flexibility index (Phi) is 6.39. The third-order valence-corrected chi connectivity index (χ3v) is 3.69. The van der Waals surface area contributed by atoms with Crippen LogP contribution in [-0.4, -0.2) is 37.5 Å². The maximum absolute atomic E-state index is 12.1. The minimum absolute atomic E-state index is 0.168. The van der Waals surface area contributed by atoms with Gasteiger partial charge in [-0.2, -0.15) is 0 Å². The van der Waals surface area contributed by atoms with Crippen LogP contribution in [0.4, 0.5) is 0 Å². The first-order chi connectivity index (χ1) is 9.06. The van der Waals surface area contributed by atoms with Gasteiger partial charge >= 0.3 is 0 Å². The summed E-state index contributed by atoms with van der Waals surface area (Å²) in [5, 5.41) is 0. The molecule has 0 saturated heterocycles. The second-order valence-electron chi connectivity index (χ2n) is 4.37. The van der Waals surface area contributed by atoms with Gasteiger partial charge in [-0.15, -0.1) is 11.3 Å². The van der Waals surface area contributed by atoms with Gasteiger partial charge in [0, 0.05) is 17.6 Å². The number of likely N-dealkylation sites (N-methyl/N-ethyl adjacent to an activating group) is 1. The van der Waals surface area contributed by atoms with Crippen LogP contribution in [0.25, 0.3) is 0 Å². The maximum atomic E-state index is 12.1. The summed E-state index contributed by atoms with van der Waals surface area (Å²) in [6.07, 6.45) is 5.58. The number of hydrogen-bond acceptors (Lipinski definition) is 4. The zero-order valence-corrected chi connectivity index (χ0v) is 12.5. The Labute approximate surface area is 119 Å². The van der Waals surface area contributed by atoms with E-state index in [1.165, 1.54) is 4.88 Å². The van der Waals surface area contributed by atoms with Crippen LogP contribution >= 0.6 is 11.3 Å². The van der Waals surface area contributed by atoms with Crippen molar-refractivity contribution in [2.24, 2.45) is 4.99 Å². The summed E-state index contributed by atoms with van der Waals surface area (Å²) < 4.78 is 0. The smallest absolute Gasteiger partial charge is 0.186 e. The zero-order chi connectivity index (χ0) is 14.3. The Morgan fingerprint density at radius 1 is 1.47 bits per heavy atom. The van der Waals surface area contributed by atoms with Gasteiger partial charge in [0.1, 0.15) is 0 Å². The molecule has 0 spiro atoms. The lowest BCUT2D eigenvalue weighted by molar-refractivity contribution is 0.0955. The Balaban J connectivity index is 2.55. The molecule has 4 heteroatoms. The lowest BCUT2D eigenvalue weighted by Gasteiger charge is -2.15. The topological polar surface area (TPSA) is 32.7 Å². The fraction of sp³-hybridized carbons (Fsp3) is 0.333. The molecule has 0 saturated carbocycles. The molecule has 3 nitrogen and oxygen atoms in total. The minimum atomic E-state index is 0.168. The number of rotatable bonds is 7. The van der Waals surface area contributed by atoms with Crippen molar-refractivity contribution in [2.75, 3.05) is 20.1 Å². The summed E-state index contributed by atoms with van der Waals surface area (Å²) in [4.78, 5) is 19.7. The number of allylic oxidation sites excluding steroid dienone is 1. The minimum Gasteiger partial charge on any atom is -0.295 e. The van der Waals surface area contributed by atoms with E-state index < -0.39 is 0 Å². The lowest BCUT2D eigenvalue weighted by Crippen LogP contribution is -2.27. The molecule has 102 valence electrons. The van der Waals surface area contributed by atoms with Gasteiger partial charge in [0.15, 0.2) is 5.78 Å². The molecule has 1 aromatic heterocycles. The molecule has 0 bridgehead atoms. The van der Waals surface area contributed by atoms with Crippen molar-refractivity contribution in [1.82, 2.24) is 4.90 Å². The quantitative estimate of drug-likeness (QED) is 0.435. The molecule has 1 rings (SSSR count). The van der Waals surface area contributed by atoms with Gasteiger partial charge in [-0.05, 0) is 51.4 Å². The highest BCUT2D eigenvalue weighted by atomic mass is 32.1. The van der Waals surface area contributed by atoms with E-state index in [9.17, 15) is 4.79 Å². The summed E-state index contributed by atoms with van der Waals surface area (Å²) in [5.74, 6) is 0.168. The van der Waals surface area contributed by atoms with Crippen LogP contribution in [-0.2, 0) is 0 Å². The molecule has 0 aliphatic carbocycles. The van der Waals surface area contributed by atoms with Crippen molar-refractivity contribution in [3.63, 3.8) is 0 Å². The number of hydrogen-bond donors (Lipinski definition) is 0. The molecule has 0 unspecified atom stereocenters. The van der Waals surface area contributed by atoms with E-state index in [2.05, 4.69) is 11.7 Å². The van der Waals surface area contributed by atoms with Crippen LogP contribution in [0.15, 0.2) is 41.1 Å². The van der Waals surface area contributed by atoms with E-state index in [4.69, 9.17) is 0 Å². The number of aryl methyl sites for hydroxylation is 1. The standard InChI is InChI=1S/C15H20N2OS/c1-5-13(8-9-16-3)10-17(4)11-14(18)15-7-6-12(2)19-15/h5-9H,3,10-11H2,1-2,4H3/b9-8-,13-5+. The average molecular weight is 276 g/mol. The summed E-state index contributed by atoms with van der Waals surface area (Å²) in [6, 6.07) is 3.88. The second kappa shape index (κ2) is 7.81. The molecular formula is C15H20N2OS. The maximum Gasteiger partial charge on any atom is 0.186 e. The average Bonchev–Trinajstić information content (AvgIpc) is 2.81. The normalized spacial score (nSPS) is 12.3. The van der Waals surface area contributed by atoms with E-state index in [0.29, 0.717) is 6.54 Å². The predicted molar refractivity (Wildman–Crippen MR) is 83.3 cm³/mol. The van der Waals surface area contributed by atoms with Gasteiger partial charge in [-0.3, -0.25) is 14.7 Å². The molecule has 0 amide bonds. The van der Waals surface area contributed by atoms with Gasteiger partial charge in [0.05, 0.1) is 11.4 Å². The number of carbonyl (C=O) groups excluding carboxylic acids is 1. The Hall–Kier alpha value is -1.52. The number of carbonyl (C=O) groups is 1. The van der Waals surface area contributed by atoms with Gasteiger partial charge in [-0.25, -0.2) is 0 Å². The SMILES string of the molecule is C=N/C=C\C(=C/C)CN(C)CC(=O)c1ccc(C)s1. The van der Waals surface area contributed by atoms with Crippen molar-refractivity contribution in [3.05, 3.63) is 45.8 Å². The summed E-state index contributed by atoms with van der Waals surface area (Å²) in [6.45, 7) is 8.53. The number of ketones is 1. The number of thiophene rings is 1. The third-order valence-electron chi connectivity index (χ3n) is 2.65. The summed E-state index contributed by atoms with van der Waals surface area (Å²) in [5.41, 5.74) is 1.12. The van der Waals surface area contributed by atoms with E-state index in [1.54, 1.807) is 17.5 Å². The van der Waals surface area contributed by atoms with Crippen molar-refractivity contribution >= 4 is 23.8 Å². The van der Waals surface area contributed by atoms with E-state index in [-0.39, 0.29) is 5.78 Å². The van der Waals surface area contributed by atoms with Gasteiger partial charge in [0.2, 0.25) is 0 Å². The zero-order valence-electron chi connectivity index (χ0n) is 11.7. The Morgan fingerprint density at radius 3 is 2.74 bits per heavy atom. The molecule has 1 heterocycles. The van der Waals surface area contributed by atoms with Crippen LogP contribution in [0.2, 0.25) is 0 Å². The number of nitrogens with zero attached hydrogens (tertiary/aromatic N) is 2. The molecule has 0 aliphatic heterocycles. The number of aliphatic imine (C=N–C) groups is 1. The molecule has 0 atom stereocenters. The fourth-order valence-electron chi connectivity index (χ4n) is 1.66. The molecule has 0 fully saturated rings. The highest BCUT2D eigenvalue weighted by Gasteiger charge is 2.11. The first-order valence-electron chi connectivity index (χ1n) is 6.12. The van der Waals surface area contributed by atoms with E-state index >= 15 is 0 Å². The second-order valence-corrected chi connectivity index (χ2v) is 5.66. The van der Waals surface area contributed by atoms with Crippen molar-refractivity contribution in [1.29, 1.82) is 0 Å². The van der Waals surface area contributed by atoms with Crippen LogP contribution in [0, 0.1) is 6.92 Å². The molecule has 0 radical (unpaired) electrons. The van der Waals surface area contributed by atoms with Crippen LogP contribution in [0.1, 0.15) is 21.5 Å². The van der Waals surface area contributed by atoms with Crippen LogP contribution in [0.5, 0.6) is 0 Å².